The van der Waals surface area contributed by atoms with Crippen molar-refractivity contribution in [3.8, 4) is 0 Å². The molecule has 1 aromatic heterocycles. The molecule has 1 aliphatic carbocycles. The summed E-state index contributed by atoms with van der Waals surface area (Å²) in [5.74, 6) is 0.977. The Morgan fingerprint density at radius 3 is 2.88 bits per heavy atom. The average molecular weight is 350 g/mol. The van der Waals surface area contributed by atoms with Crippen molar-refractivity contribution >= 4 is 29.4 Å². The molecule has 0 aromatic carbocycles. The van der Waals surface area contributed by atoms with Crippen molar-refractivity contribution in [3.05, 3.63) is 30.2 Å². The highest BCUT2D eigenvalue weighted by Gasteiger charge is 2.23. The van der Waals surface area contributed by atoms with Gasteiger partial charge in [-0.25, -0.2) is 15.0 Å². The van der Waals surface area contributed by atoms with Crippen LogP contribution in [0.15, 0.2) is 29.5 Å². The van der Waals surface area contributed by atoms with Crippen LogP contribution in [0.25, 0.3) is 0 Å². The summed E-state index contributed by atoms with van der Waals surface area (Å²) in [4.78, 5) is 24.1. The summed E-state index contributed by atoms with van der Waals surface area (Å²) in [6, 6.07) is 2.06. The first kappa shape index (κ1) is 16.7. The molecule has 2 heterocycles. The standard InChI is InChI=1S/C16H20ClN5O2/c1-10(23)24-12-4-2-11(3-5-12)20-16-19-8-6-13(21-16)15-18-9-7-14(17)22-15/h6-9,11-12,14H,2-5H2,1H3,(H,18,22)(H,19,20,21). The number of carbonyl (C=O) groups excluding carboxylic acids is 1. The largest absolute Gasteiger partial charge is 0.463 e. The Morgan fingerprint density at radius 1 is 1.38 bits per heavy atom. The highest BCUT2D eigenvalue weighted by Crippen LogP contribution is 2.23. The second kappa shape index (κ2) is 7.61. The number of aliphatic imine (C=N–C) groups is 1. The molecule has 1 atom stereocenters. The van der Waals surface area contributed by atoms with Gasteiger partial charge in [-0.2, -0.15) is 0 Å². The molecule has 0 bridgehead atoms. The molecule has 0 saturated heterocycles. The average Bonchev–Trinajstić information content (AvgIpc) is 2.56. The number of amidine groups is 1. The van der Waals surface area contributed by atoms with Crippen LogP contribution >= 0.6 is 11.6 Å². The van der Waals surface area contributed by atoms with E-state index >= 15 is 0 Å². The lowest BCUT2D eigenvalue weighted by Gasteiger charge is -2.28. The Hall–Kier alpha value is -2.15. The molecule has 128 valence electrons. The Morgan fingerprint density at radius 2 is 2.17 bits per heavy atom. The van der Waals surface area contributed by atoms with Crippen molar-refractivity contribution in [2.75, 3.05) is 5.32 Å². The number of halogens is 1. The van der Waals surface area contributed by atoms with Gasteiger partial charge < -0.3 is 15.4 Å². The maximum atomic E-state index is 11.0. The third-order valence-electron chi connectivity index (χ3n) is 3.97. The lowest BCUT2D eigenvalue weighted by molar-refractivity contribution is -0.147. The normalized spacial score (nSPS) is 26.2. The third kappa shape index (κ3) is 4.44. The zero-order chi connectivity index (χ0) is 16.9. The van der Waals surface area contributed by atoms with E-state index in [0.717, 1.165) is 25.7 Å². The SMILES string of the molecule is CC(=O)OC1CCC(Nc2nccc(C3=NC(Cl)C=CN3)n2)CC1. The molecule has 7 nitrogen and oxygen atoms in total. The molecule has 2 aliphatic rings. The van der Waals surface area contributed by atoms with Gasteiger partial charge in [0.2, 0.25) is 5.95 Å². The molecular formula is C16H20ClN5O2. The van der Waals surface area contributed by atoms with Gasteiger partial charge in [0, 0.05) is 25.4 Å². The first-order chi connectivity index (χ1) is 11.6. The highest BCUT2D eigenvalue weighted by molar-refractivity contribution is 6.22. The van der Waals surface area contributed by atoms with Crippen LogP contribution in [0.1, 0.15) is 38.3 Å². The lowest BCUT2D eigenvalue weighted by Crippen LogP contribution is -2.31. The fraction of sp³-hybridized carbons (Fsp3) is 0.500. The van der Waals surface area contributed by atoms with E-state index in [9.17, 15) is 4.79 Å². The summed E-state index contributed by atoms with van der Waals surface area (Å²) >= 11 is 6.00. The predicted molar refractivity (Wildman–Crippen MR) is 91.9 cm³/mol. The highest BCUT2D eigenvalue weighted by atomic mass is 35.5. The second-order valence-electron chi connectivity index (χ2n) is 5.85. The van der Waals surface area contributed by atoms with Crippen LogP contribution in [0.3, 0.4) is 0 Å². The second-order valence-corrected chi connectivity index (χ2v) is 6.29. The molecule has 1 saturated carbocycles. The number of ether oxygens (including phenoxy) is 1. The summed E-state index contributed by atoms with van der Waals surface area (Å²) in [5, 5.41) is 6.39. The van der Waals surface area contributed by atoms with Gasteiger partial charge in [-0.1, -0.05) is 11.6 Å². The number of hydrogen-bond acceptors (Lipinski definition) is 7. The maximum absolute atomic E-state index is 11.0. The number of aromatic nitrogens is 2. The minimum atomic E-state index is -0.385. The number of nitrogens with zero attached hydrogens (tertiary/aromatic N) is 3. The van der Waals surface area contributed by atoms with Gasteiger partial charge in [-0.05, 0) is 37.8 Å². The van der Waals surface area contributed by atoms with Gasteiger partial charge in [0.25, 0.3) is 0 Å². The van der Waals surface area contributed by atoms with Crippen molar-refractivity contribution in [2.45, 2.75) is 50.3 Å². The van der Waals surface area contributed by atoms with Crippen LogP contribution in [0.5, 0.6) is 0 Å². The minimum absolute atomic E-state index is 0.0287. The van der Waals surface area contributed by atoms with Crippen LogP contribution in [-0.2, 0) is 9.53 Å². The van der Waals surface area contributed by atoms with E-state index in [0.29, 0.717) is 17.5 Å². The van der Waals surface area contributed by atoms with Gasteiger partial charge in [0.15, 0.2) is 5.84 Å². The first-order valence-corrected chi connectivity index (χ1v) is 8.46. The molecular weight excluding hydrogens is 330 g/mol. The quantitative estimate of drug-likeness (QED) is 0.492. The molecule has 3 rings (SSSR count). The molecule has 0 spiro atoms. The number of rotatable bonds is 4. The van der Waals surface area contributed by atoms with Crippen LogP contribution in [0, 0.1) is 0 Å². The third-order valence-corrected chi connectivity index (χ3v) is 4.21. The summed E-state index contributed by atoms with van der Waals surface area (Å²) in [6.07, 6.45) is 8.77. The van der Waals surface area contributed by atoms with Crippen molar-refractivity contribution in [1.82, 2.24) is 15.3 Å². The topological polar surface area (TPSA) is 88.5 Å². The fourth-order valence-electron chi connectivity index (χ4n) is 2.85. The number of anilines is 1. The number of hydrogen-bond donors (Lipinski definition) is 2. The van der Waals surface area contributed by atoms with Crippen LogP contribution in [-0.4, -0.2) is 39.4 Å². The van der Waals surface area contributed by atoms with Crippen LogP contribution in [0.4, 0.5) is 5.95 Å². The maximum Gasteiger partial charge on any atom is 0.302 e. The number of carbonyl (C=O) groups is 1. The van der Waals surface area contributed by atoms with Crippen molar-refractivity contribution in [3.63, 3.8) is 0 Å². The zero-order valence-corrected chi connectivity index (χ0v) is 14.2. The van der Waals surface area contributed by atoms with Gasteiger partial charge in [0.05, 0.1) is 0 Å². The van der Waals surface area contributed by atoms with Gasteiger partial charge in [-0.15, -0.1) is 0 Å². The molecule has 1 fully saturated rings. The molecule has 0 radical (unpaired) electrons. The van der Waals surface area contributed by atoms with Crippen molar-refractivity contribution in [1.29, 1.82) is 0 Å². The monoisotopic (exact) mass is 349 g/mol. The van der Waals surface area contributed by atoms with E-state index in [1.54, 1.807) is 24.5 Å². The van der Waals surface area contributed by atoms with E-state index in [1.165, 1.54) is 6.92 Å². The molecule has 2 N–H and O–H groups in total. The van der Waals surface area contributed by atoms with E-state index in [1.807, 2.05) is 0 Å². The molecule has 0 amide bonds. The fourth-order valence-corrected chi connectivity index (χ4v) is 3.02. The number of esters is 1. The zero-order valence-electron chi connectivity index (χ0n) is 13.4. The summed E-state index contributed by atoms with van der Waals surface area (Å²) < 4.78 is 5.26. The van der Waals surface area contributed by atoms with Crippen molar-refractivity contribution in [2.24, 2.45) is 4.99 Å². The number of nitrogens with one attached hydrogen (secondary N) is 2. The summed E-state index contributed by atoms with van der Waals surface area (Å²) in [5.41, 5.74) is 0.306. The van der Waals surface area contributed by atoms with E-state index in [-0.39, 0.29) is 23.6 Å². The molecule has 24 heavy (non-hydrogen) atoms. The molecule has 8 heteroatoms. The number of alkyl halides is 1. The Balaban J connectivity index is 1.59. The van der Waals surface area contributed by atoms with Gasteiger partial charge >= 0.3 is 5.97 Å². The molecule has 1 unspecified atom stereocenters. The van der Waals surface area contributed by atoms with Crippen LogP contribution in [0.2, 0.25) is 0 Å². The smallest absolute Gasteiger partial charge is 0.302 e. The van der Waals surface area contributed by atoms with Gasteiger partial charge in [0.1, 0.15) is 17.3 Å². The van der Waals surface area contributed by atoms with Crippen molar-refractivity contribution < 1.29 is 9.53 Å². The van der Waals surface area contributed by atoms with Gasteiger partial charge in [-0.3, -0.25) is 4.79 Å². The molecule has 1 aliphatic heterocycles. The van der Waals surface area contributed by atoms with Crippen LogP contribution < -0.4 is 10.6 Å². The Bertz CT molecular complexity index is 656. The predicted octanol–water partition coefficient (Wildman–Crippen LogP) is 2.19. The Kier molecular flexibility index (Phi) is 5.30. The minimum Gasteiger partial charge on any atom is -0.463 e. The lowest BCUT2D eigenvalue weighted by atomic mass is 9.93. The first-order valence-electron chi connectivity index (χ1n) is 8.02. The summed E-state index contributed by atoms with van der Waals surface area (Å²) in [6.45, 7) is 1.45. The molecule has 1 aromatic rings. The summed E-state index contributed by atoms with van der Waals surface area (Å²) in [7, 11) is 0. The van der Waals surface area contributed by atoms with E-state index < -0.39 is 0 Å². The van der Waals surface area contributed by atoms with E-state index in [2.05, 4.69) is 25.6 Å². The van der Waals surface area contributed by atoms with E-state index in [4.69, 9.17) is 16.3 Å². The Labute approximate surface area is 145 Å².